The number of aromatic nitrogens is 3. The number of nitrogens with two attached hydrogens (primary N) is 1. The molecule has 0 fully saturated rings. The van der Waals surface area contributed by atoms with Crippen molar-refractivity contribution in [3.63, 3.8) is 0 Å². The number of nitrogens with one attached hydrogen (secondary N) is 1. The first-order valence-corrected chi connectivity index (χ1v) is 9.40. The fourth-order valence-corrected chi connectivity index (χ4v) is 4.00. The normalized spacial score (nSPS) is 13.9. The standard InChI is InChI=1S/C20H17N7S/c1-13(26-20-16(10-21)19(22)24-12-25-20)17-9-14-7-8-23-11-18(14)28-27(17)15-5-3-2-4-6-15/h2-9,11-13H,1H3,(H3,22,24,25,26). The van der Waals surface area contributed by atoms with Gasteiger partial charge in [-0.1, -0.05) is 18.2 Å². The van der Waals surface area contributed by atoms with Gasteiger partial charge in [-0.3, -0.25) is 9.29 Å². The number of hydrogen-bond donors (Lipinski definition) is 2. The third-order valence-electron chi connectivity index (χ3n) is 4.32. The van der Waals surface area contributed by atoms with Crippen molar-refractivity contribution in [2.45, 2.75) is 17.9 Å². The van der Waals surface area contributed by atoms with Crippen molar-refractivity contribution in [2.24, 2.45) is 0 Å². The van der Waals surface area contributed by atoms with Crippen molar-refractivity contribution in [2.75, 3.05) is 15.4 Å². The van der Waals surface area contributed by atoms with Crippen LogP contribution in [-0.2, 0) is 0 Å². The van der Waals surface area contributed by atoms with Gasteiger partial charge in [0, 0.05) is 12.4 Å². The number of nitrogens with zero attached hydrogens (tertiary/aromatic N) is 5. The van der Waals surface area contributed by atoms with Crippen LogP contribution in [0.25, 0.3) is 6.08 Å². The molecule has 0 amide bonds. The zero-order chi connectivity index (χ0) is 19.5. The van der Waals surface area contributed by atoms with Crippen LogP contribution in [0.2, 0.25) is 0 Å². The second-order valence-corrected chi connectivity index (χ2v) is 7.15. The minimum absolute atomic E-state index is 0.143. The molecule has 1 unspecified atom stereocenters. The number of para-hydroxylation sites is 1. The van der Waals surface area contributed by atoms with E-state index in [-0.39, 0.29) is 17.4 Å². The molecular weight excluding hydrogens is 370 g/mol. The van der Waals surface area contributed by atoms with Gasteiger partial charge in [0.05, 0.1) is 22.3 Å². The highest BCUT2D eigenvalue weighted by Crippen LogP contribution is 2.40. The molecule has 0 radical (unpaired) electrons. The molecule has 0 aliphatic carbocycles. The minimum Gasteiger partial charge on any atom is -0.382 e. The first-order valence-electron chi connectivity index (χ1n) is 8.63. The second kappa shape index (κ2) is 7.58. The summed E-state index contributed by atoms with van der Waals surface area (Å²) >= 11 is 1.61. The number of fused-ring (bicyclic) bond motifs is 1. The molecule has 1 aromatic carbocycles. The van der Waals surface area contributed by atoms with E-state index in [1.54, 1.807) is 18.1 Å². The maximum Gasteiger partial charge on any atom is 0.150 e. The Morgan fingerprint density at radius 1 is 1.21 bits per heavy atom. The third kappa shape index (κ3) is 3.35. The average molecular weight is 387 g/mol. The maximum atomic E-state index is 9.40. The van der Waals surface area contributed by atoms with E-state index in [1.165, 1.54) is 6.33 Å². The van der Waals surface area contributed by atoms with Crippen LogP contribution >= 0.6 is 11.9 Å². The Labute approximate surface area is 167 Å². The summed E-state index contributed by atoms with van der Waals surface area (Å²) in [6.07, 6.45) is 7.11. The zero-order valence-corrected chi connectivity index (χ0v) is 15.9. The molecule has 3 N–H and O–H groups in total. The number of rotatable bonds is 4. The second-order valence-electron chi connectivity index (χ2n) is 6.16. The SMILES string of the molecule is CC(Nc1ncnc(N)c1C#N)C1=Cc2ccncc2SN1c1ccccc1. The van der Waals surface area contributed by atoms with E-state index in [2.05, 4.69) is 48.9 Å². The molecule has 3 heterocycles. The van der Waals surface area contributed by atoms with Gasteiger partial charge in [0.2, 0.25) is 0 Å². The van der Waals surface area contributed by atoms with Crippen LogP contribution in [0.1, 0.15) is 18.1 Å². The molecule has 1 atom stereocenters. The largest absolute Gasteiger partial charge is 0.382 e. The van der Waals surface area contributed by atoms with Gasteiger partial charge in [-0.25, -0.2) is 9.97 Å². The van der Waals surface area contributed by atoms with E-state index in [9.17, 15) is 5.26 Å². The minimum atomic E-state index is -0.143. The van der Waals surface area contributed by atoms with E-state index >= 15 is 0 Å². The molecule has 0 spiro atoms. The van der Waals surface area contributed by atoms with Crippen molar-refractivity contribution in [3.05, 3.63) is 71.9 Å². The van der Waals surface area contributed by atoms with Crippen LogP contribution in [0.15, 0.2) is 65.7 Å². The van der Waals surface area contributed by atoms with Crippen molar-refractivity contribution >= 4 is 35.3 Å². The Hall–Kier alpha value is -3.57. The fraction of sp³-hybridized carbons (Fsp3) is 0.100. The molecule has 8 heteroatoms. The van der Waals surface area contributed by atoms with Gasteiger partial charge < -0.3 is 11.1 Å². The molecule has 1 aliphatic rings. The number of nitriles is 1. The Morgan fingerprint density at radius 2 is 2.04 bits per heavy atom. The molecule has 28 heavy (non-hydrogen) atoms. The number of anilines is 3. The average Bonchev–Trinajstić information content (AvgIpc) is 2.73. The smallest absolute Gasteiger partial charge is 0.150 e. The maximum absolute atomic E-state index is 9.40. The first kappa shape index (κ1) is 17.8. The van der Waals surface area contributed by atoms with Crippen LogP contribution in [0.3, 0.4) is 0 Å². The summed E-state index contributed by atoms with van der Waals surface area (Å²) < 4.78 is 2.15. The van der Waals surface area contributed by atoms with Crippen molar-refractivity contribution in [3.8, 4) is 6.07 Å². The lowest BCUT2D eigenvalue weighted by atomic mass is 10.1. The highest BCUT2D eigenvalue weighted by Gasteiger charge is 2.26. The molecule has 138 valence electrons. The summed E-state index contributed by atoms with van der Waals surface area (Å²) in [7, 11) is 0. The molecule has 4 rings (SSSR count). The summed E-state index contributed by atoms with van der Waals surface area (Å²) in [5.74, 6) is 0.581. The summed E-state index contributed by atoms with van der Waals surface area (Å²) in [5, 5.41) is 12.7. The van der Waals surface area contributed by atoms with Crippen molar-refractivity contribution in [1.29, 1.82) is 5.26 Å². The van der Waals surface area contributed by atoms with Crippen molar-refractivity contribution in [1.82, 2.24) is 15.0 Å². The lowest BCUT2D eigenvalue weighted by molar-refractivity contribution is 0.896. The summed E-state index contributed by atoms with van der Waals surface area (Å²) in [5.41, 5.74) is 9.23. The van der Waals surface area contributed by atoms with Crippen molar-refractivity contribution < 1.29 is 0 Å². The number of nitrogen functional groups attached to an aromatic ring is 1. The highest BCUT2D eigenvalue weighted by molar-refractivity contribution is 8.01. The Kier molecular flexibility index (Phi) is 4.83. The molecule has 0 bridgehead atoms. The number of hydrogen-bond acceptors (Lipinski definition) is 8. The molecule has 2 aromatic heterocycles. The fourth-order valence-electron chi connectivity index (χ4n) is 2.92. The van der Waals surface area contributed by atoms with Gasteiger partial charge in [-0.2, -0.15) is 5.26 Å². The van der Waals surface area contributed by atoms with E-state index in [0.29, 0.717) is 5.82 Å². The van der Waals surface area contributed by atoms with E-state index in [4.69, 9.17) is 5.73 Å². The van der Waals surface area contributed by atoms with Crippen LogP contribution in [0.4, 0.5) is 17.3 Å². The van der Waals surface area contributed by atoms with Crippen LogP contribution in [0.5, 0.6) is 0 Å². The van der Waals surface area contributed by atoms with Gasteiger partial charge >= 0.3 is 0 Å². The quantitative estimate of drug-likeness (QED) is 0.653. The molecule has 1 aliphatic heterocycles. The predicted octanol–water partition coefficient (Wildman–Crippen LogP) is 3.69. The van der Waals surface area contributed by atoms with E-state index in [1.807, 2.05) is 37.4 Å². The third-order valence-corrected chi connectivity index (χ3v) is 5.46. The lowest BCUT2D eigenvalue weighted by Crippen LogP contribution is -2.30. The van der Waals surface area contributed by atoms with E-state index < -0.39 is 0 Å². The Morgan fingerprint density at radius 3 is 2.82 bits per heavy atom. The number of pyridine rings is 1. The molecule has 7 nitrogen and oxygen atoms in total. The summed E-state index contributed by atoms with van der Waals surface area (Å²) in [6.45, 7) is 2.02. The monoisotopic (exact) mass is 387 g/mol. The highest BCUT2D eigenvalue weighted by atomic mass is 32.2. The molecular formula is C20H17N7S. The van der Waals surface area contributed by atoms with Gasteiger partial charge in [0.25, 0.3) is 0 Å². The van der Waals surface area contributed by atoms with E-state index in [0.717, 1.165) is 21.8 Å². The first-order chi connectivity index (χ1) is 13.7. The zero-order valence-electron chi connectivity index (χ0n) is 15.1. The molecule has 0 saturated carbocycles. The van der Waals surface area contributed by atoms with Gasteiger partial charge in [-0.05, 0) is 48.7 Å². The topological polar surface area (TPSA) is 104 Å². The van der Waals surface area contributed by atoms with Crippen LogP contribution < -0.4 is 15.4 Å². The van der Waals surface area contributed by atoms with Gasteiger partial charge in [0.1, 0.15) is 29.6 Å². The summed E-state index contributed by atoms with van der Waals surface area (Å²) in [6, 6.07) is 14.0. The van der Waals surface area contributed by atoms with Gasteiger partial charge in [0.15, 0.2) is 0 Å². The predicted molar refractivity (Wildman–Crippen MR) is 111 cm³/mol. The summed E-state index contributed by atoms with van der Waals surface area (Å²) in [4.78, 5) is 13.4. The Balaban J connectivity index is 1.73. The van der Waals surface area contributed by atoms with Gasteiger partial charge in [-0.15, -0.1) is 0 Å². The lowest BCUT2D eigenvalue weighted by Gasteiger charge is -2.33. The molecule has 3 aromatic rings. The Bertz CT molecular complexity index is 1080. The number of benzene rings is 1. The molecule has 0 saturated heterocycles. The van der Waals surface area contributed by atoms with Crippen LogP contribution in [-0.4, -0.2) is 21.0 Å². The van der Waals surface area contributed by atoms with Crippen LogP contribution in [0, 0.1) is 11.3 Å².